The monoisotopic (exact) mass is 332 g/mol. The quantitative estimate of drug-likeness (QED) is 0.846. The SMILES string of the molecule is O=C(NCc1cccc(Cl)c1)C(=O)Nc1ccc2c(c1)OCO2. The van der Waals surface area contributed by atoms with Gasteiger partial charge in [0.2, 0.25) is 6.79 Å². The van der Waals surface area contributed by atoms with Gasteiger partial charge in [-0.2, -0.15) is 0 Å². The van der Waals surface area contributed by atoms with Crippen molar-refractivity contribution in [2.24, 2.45) is 0 Å². The Kier molecular flexibility index (Phi) is 4.34. The van der Waals surface area contributed by atoms with Gasteiger partial charge < -0.3 is 20.1 Å². The molecule has 1 aliphatic rings. The zero-order valence-electron chi connectivity index (χ0n) is 12.0. The first-order chi connectivity index (χ1) is 11.1. The fourth-order valence-corrected chi connectivity index (χ4v) is 2.28. The molecule has 0 aliphatic carbocycles. The minimum absolute atomic E-state index is 0.146. The van der Waals surface area contributed by atoms with Gasteiger partial charge in [0.15, 0.2) is 11.5 Å². The number of hydrogen-bond donors (Lipinski definition) is 2. The van der Waals surface area contributed by atoms with Gasteiger partial charge in [-0.15, -0.1) is 0 Å². The summed E-state index contributed by atoms with van der Waals surface area (Å²) in [6, 6.07) is 11.9. The van der Waals surface area contributed by atoms with Crippen LogP contribution in [0, 0.1) is 0 Å². The first-order valence-corrected chi connectivity index (χ1v) is 7.23. The van der Waals surface area contributed by atoms with E-state index in [1.54, 1.807) is 36.4 Å². The first-order valence-electron chi connectivity index (χ1n) is 6.85. The summed E-state index contributed by atoms with van der Waals surface area (Å²) in [4.78, 5) is 23.7. The van der Waals surface area contributed by atoms with Gasteiger partial charge in [-0.3, -0.25) is 9.59 Å². The van der Waals surface area contributed by atoms with Crippen molar-refractivity contribution >= 4 is 29.1 Å². The van der Waals surface area contributed by atoms with E-state index in [-0.39, 0.29) is 13.3 Å². The number of carbonyl (C=O) groups excluding carboxylic acids is 2. The second kappa shape index (κ2) is 6.58. The molecular formula is C16H13ClN2O4. The average Bonchev–Trinajstić information content (AvgIpc) is 3.00. The lowest BCUT2D eigenvalue weighted by molar-refractivity contribution is -0.136. The van der Waals surface area contributed by atoms with Crippen LogP contribution in [-0.4, -0.2) is 18.6 Å². The Morgan fingerprint density at radius 2 is 1.87 bits per heavy atom. The van der Waals surface area contributed by atoms with E-state index in [1.165, 1.54) is 0 Å². The van der Waals surface area contributed by atoms with Gasteiger partial charge in [0.25, 0.3) is 0 Å². The standard InChI is InChI=1S/C16H13ClN2O4/c17-11-3-1-2-10(6-11)8-18-15(20)16(21)19-12-4-5-13-14(7-12)23-9-22-13/h1-7H,8-9H2,(H,18,20)(H,19,21). The molecule has 6 nitrogen and oxygen atoms in total. The highest BCUT2D eigenvalue weighted by molar-refractivity contribution is 6.39. The number of fused-ring (bicyclic) bond motifs is 1. The highest BCUT2D eigenvalue weighted by atomic mass is 35.5. The summed E-state index contributed by atoms with van der Waals surface area (Å²) in [6.07, 6.45) is 0. The van der Waals surface area contributed by atoms with Crippen molar-refractivity contribution in [2.75, 3.05) is 12.1 Å². The molecule has 2 N–H and O–H groups in total. The molecule has 1 aliphatic heterocycles. The maximum Gasteiger partial charge on any atom is 0.313 e. The zero-order valence-corrected chi connectivity index (χ0v) is 12.7. The number of anilines is 1. The Hall–Kier alpha value is -2.73. The van der Waals surface area contributed by atoms with Crippen LogP contribution in [0.5, 0.6) is 11.5 Å². The normalized spacial score (nSPS) is 11.9. The van der Waals surface area contributed by atoms with Crippen LogP contribution in [0.15, 0.2) is 42.5 Å². The van der Waals surface area contributed by atoms with Crippen molar-refractivity contribution in [3.05, 3.63) is 53.1 Å². The van der Waals surface area contributed by atoms with Crippen LogP contribution in [0.3, 0.4) is 0 Å². The van der Waals surface area contributed by atoms with Gasteiger partial charge in [-0.1, -0.05) is 23.7 Å². The molecule has 7 heteroatoms. The molecule has 0 fully saturated rings. The first kappa shape index (κ1) is 15.2. The lowest BCUT2D eigenvalue weighted by atomic mass is 10.2. The number of amides is 2. The second-order valence-corrected chi connectivity index (χ2v) is 5.27. The third-order valence-electron chi connectivity index (χ3n) is 3.18. The van der Waals surface area contributed by atoms with Crippen LogP contribution in [-0.2, 0) is 16.1 Å². The molecule has 3 rings (SSSR count). The molecule has 0 atom stereocenters. The predicted octanol–water partition coefficient (Wildman–Crippen LogP) is 2.32. The summed E-state index contributed by atoms with van der Waals surface area (Å²) in [5, 5.41) is 5.61. The number of ether oxygens (including phenoxy) is 2. The molecule has 0 aromatic heterocycles. The summed E-state index contributed by atoms with van der Waals surface area (Å²) in [6.45, 7) is 0.362. The Morgan fingerprint density at radius 1 is 1.04 bits per heavy atom. The van der Waals surface area contributed by atoms with E-state index in [0.717, 1.165) is 5.56 Å². The van der Waals surface area contributed by atoms with E-state index in [4.69, 9.17) is 21.1 Å². The maximum atomic E-state index is 11.9. The molecular weight excluding hydrogens is 320 g/mol. The van der Waals surface area contributed by atoms with Gasteiger partial charge in [0.05, 0.1) is 0 Å². The summed E-state index contributed by atoms with van der Waals surface area (Å²) in [5.41, 5.74) is 1.26. The average molecular weight is 333 g/mol. The highest BCUT2D eigenvalue weighted by Crippen LogP contribution is 2.34. The molecule has 2 amide bonds. The number of nitrogens with one attached hydrogen (secondary N) is 2. The lowest BCUT2D eigenvalue weighted by Crippen LogP contribution is -2.34. The van der Waals surface area contributed by atoms with E-state index in [0.29, 0.717) is 22.2 Å². The molecule has 2 aromatic rings. The number of halogens is 1. The van der Waals surface area contributed by atoms with E-state index in [2.05, 4.69) is 10.6 Å². The molecule has 118 valence electrons. The zero-order chi connectivity index (χ0) is 16.2. The number of rotatable bonds is 3. The van der Waals surface area contributed by atoms with Gasteiger partial charge in [0.1, 0.15) is 0 Å². The third kappa shape index (κ3) is 3.73. The molecule has 2 aromatic carbocycles. The summed E-state index contributed by atoms with van der Waals surface area (Å²) < 4.78 is 10.4. The van der Waals surface area contributed by atoms with E-state index in [9.17, 15) is 9.59 Å². The minimum Gasteiger partial charge on any atom is -0.454 e. The molecule has 0 saturated heterocycles. The van der Waals surface area contributed by atoms with Crippen molar-refractivity contribution in [3.8, 4) is 11.5 Å². The van der Waals surface area contributed by atoms with Gasteiger partial charge in [-0.25, -0.2) is 0 Å². The van der Waals surface area contributed by atoms with E-state index in [1.807, 2.05) is 6.07 Å². The highest BCUT2D eigenvalue weighted by Gasteiger charge is 2.17. The van der Waals surface area contributed by atoms with Crippen molar-refractivity contribution in [2.45, 2.75) is 6.54 Å². The molecule has 0 spiro atoms. The fraction of sp³-hybridized carbons (Fsp3) is 0.125. The lowest BCUT2D eigenvalue weighted by Gasteiger charge is -2.07. The summed E-state index contributed by atoms with van der Waals surface area (Å²) >= 11 is 5.86. The summed E-state index contributed by atoms with van der Waals surface area (Å²) in [5.74, 6) is -0.357. The van der Waals surface area contributed by atoms with E-state index >= 15 is 0 Å². The predicted molar refractivity (Wildman–Crippen MR) is 84.5 cm³/mol. The third-order valence-corrected chi connectivity index (χ3v) is 3.41. The van der Waals surface area contributed by atoms with Crippen molar-refractivity contribution in [1.82, 2.24) is 5.32 Å². The van der Waals surface area contributed by atoms with Crippen LogP contribution < -0.4 is 20.1 Å². The van der Waals surface area contributed by atoms with Crippen molar-refractivity contribution in [1.29, 1.82) is 0 Å². The van der Waals surface area contributed by atoms with Crippen LogP contribution >= 0.6 is 11.6 Å². The molecule has 0 unspecified atom stereocenters. The Bertz CT molecular complexity index is 763. The van der Waals surface area contributed by atoms with Crippen LogP contribution in [0.25, 0.3) is 0 Å². The summed E-state index contributed by atoms with van der Waals surface area (Å²) in [7, 11) is 0. The molecule has 0 bridgehead atoms. The Morgan fingerprint density at radius 3 is 2.70 bits per heavy atom. The molecule has 0 saturated carbocycles. The molecule has 1 heterocycles. The molecule has 23 heavy (non-hydrogen) atoms. The van der Waals surface area contributed by atoms with Crippen molar-refractivity contribution < 1.29 is 19.1 Å². The van der Waals surface area contributed by atoms with Crippen LogP contribution in [0.2, 0.25) is 5.02 Å². The van der Waals surface area contributed by atoms with Crippen molar-refractivity contribution in [3.63, 3.8) is 0 Å². The van der Waals surface area contributed by atoms with E-state index < -0.39 is 11.8 Å². The second-order valence-electron chi connectivity index (χ2n) is 4.83. The van der Waals surface area contributed by atoms with Gasteiger partial charge in [-0.05, 0) is 29.8 Å². The number of hydrogen-bond acceptors (Lipinski definition) is 4. The van der Waals surface area contributed by atoms with Crippen LogP contribution in [0.1, 0.15) is 5.56 Å². The fourth-order valence-electron chi connectivity index (χ4n) is 2.07. The molecule has 0 radical (unpaired) electrons. The van der Waals surface area contributed by atoms with Gasteiger partial charge >= 0.3 is 11.8 Å². The number of carbonyl (C=O) groups is 2. The van der Waals surface area contributed by atoms with Crippen LogP contribution in [0.4, 0.5) is 5.69 Å². The Balaban J connectivity index is 1.56. The maximum absolute atomic E-state index is 11.9. The minimum atomic E-state index is -0.758. The topological polar surface area (TPSA) is 76.7 Å². The largest absolute Gasteiger partial charge is 0.454 e. The van der Waals surface area contributed by atoms with Gasteiger partial charge in [0, 0.05) is 23.3 Å². The number of benzene rings is 2. The smallest absolute Gasteiger partial charge is 0.313 e. The Labute approximate surface area is 137 Å².